The molecule has 2 aliphatic heterocycles. The minimum atomic E-state index is 0.841. The molecule has 0 aromatic heterocycles. The third-order valence-corrected chi connectivity index (χ3v) is 6.93. The first-order valence-corrected chi connectivity index (χ1v) is 8.64. The zero-order valence-electron chi connectivity index (χ0n) is 9.73. The van der Waals surface area contributed by atoms with Gasteiger partial charge in [0.05, 0.1) is 0 Å². The van der Waals surface area contributed by atoms with Gasteiger partial charge in [-0.1, -0.05) is 23.8 Å². The molecule has 0 N–H and O–H groups in total. The van der Waals surface area contributed by atoms with Gasteiger partial charge in [-0.05, 0) is 49.5 Å². The predicted molar refractivity (Wildman–Crippen MR) is 76.3 cm³/mol. The third-order valence-electron chi connectivity index (χ3n) is 3.93. The Morgan fingerprint density at radius 2 is 1.94 bits per heavy atom. The highest BCUT2D eigenvalue weighted by atomic mass is 32.2. The van der Waals surface area contributed by atoms with Gasteiger partial charge in [-0.25, -0.2) is 0 Å². The normalized spacial score (nSPS) is 39.0. The molecule has 2 heteroatoms. The average Bonchev–Trinajstić information content (AvgIpc) is 3.03. The Kier molecular flexibility index (Phi) is 3.68. The molecule has 88 valence electrons. The second-order valence-electron chi connectivity index (χ2n) is 5.05. The minimum absolute atomic E-state index is 0.841. The monoisotopic (exact) mass is 252 g/mol. The fourth-order valence-corrected chi connectivity index (χ4v) is 5.78. The van der Waals surface area contributed by atoms with Gasteiger partial charge in [-0.15, -0.1) is 0 Å². The van der Waals surface area contributed by atoms with Gasteiger partial charge < -0.3 is 0 Å². The van der Waals surface area contributed by atoms with Crippen LogP contribution in [0.1, 0.15) is 32.1 Å². The summed E-state index contributed by atoms with van der Waals surface area (Å²) >= 11 is 4.39. The summed E-state index contributed by atoms with van der Waals surface area (Å²) < 4.78 is 0. The van der Waals surface area contributed by atoms with Crippen LogP contribution in [0.25, 0.3) is 0 Å². The molecule has 0 aromatic rings. The molecule has 16 heavy (non-hydrogen) atoms. The van der Waals surface area contributed by atoms with Gasteiger partial charge in [-0.2, -0.15) is 23.5 Å². The van der Waals surface area contributed by atoms with E-state index >= 15 is 0 Å². The van der Waals surface area contributed by atoms with Crippen molar-refractivity contribution in [3.8, 4) is 0 Å². The molecule has 0 aromatic carbocycles. The van der Waals surface area contributed by atoms with E-state index in [1.165, 1.54) is 43.6 Å². The number of hydrogen-bond acceptors (Lipinski definition) is 2. The van der Waals surface area contributed by atoms with Crippen molar-refractivity contribution in [2.45, 2.75) is 42.6 Å². The molecule has 2 heterocycles. The maximum atomic E-state index is 2.46. The first-order chi connectivity index (χ1) is 7.93. The number of allylic oxidation sites excluding steroid dienone is 3. The fraction of sp³-hybridized carbons (Fsp3) is 0.714. The first kappa shape index (κ1) is 11.3. The maximum Gasteiger partial charge on any atom is 0.0260 e. The molecule has 3 aliphatic rings. The zero-order chi connectivity index (χ0) is 10.8. The van der Waals surface area contributed by atoms with E-state index in [9.17, 15) is 0 Å². The Labute approximate surface area is 107 Å². The topological polar surface area (TPSA) is 0 Å². The molecular formula is C14H20S2. The highest BCUT2D eigenvalue weighted by Crippen LogP contribution is 2.41. The van der Waals surface area contributed by atoms with E-state index in [1.807, 2.05) is 0 Å². The lowest BCUT2D eigenvalue weighted by atomic mass is 9.87. The van der Waals surface area contributed by atoms with Gasteiger partial charge in [0, 0.05) is 10.5 Å². The van der Waals surface area contributed by atoms with E-state index in [0.29, 0.717) is 0 Å². The average molecular weight is 252 g/mol. The summed E-state index contributed by atoms with van der Waals surface area (Å²) in [5.41, 5.74) is 1.74. The van der Waals surface area contributed by atoms with Crippen molar-refractivity contribution in [2.75, 3.05) is 11.5 Å². The van der Waals surface area contributed by atoms with Crippen molar-refractivity contribution in [3.63, 3.8) is 0 Å². The van der Waals surface area contributed by atoms with Crippen LogP contribution in [0.3, 0.4) is 0 Å². The van der Waals surface area contributed by atoms with Crippen molar-refractivity contribution in [2.24, 2.45) is 5.92 Å². The van der Waals surface area contributed by atoms with Gasteiger partial charge >= 0.3 is 0 Å². The molecule has 0 spiro atoms. The Morgan fingerprint density at radius 1 is 1.06 bits per heavy atom. The van der Waals surface area contributed by atoms with Crippen molar-refractivity contribution in [1.29, 1.82) is 0 Å². The van der Waals surface area contributed by atoms with E-state index in [1.54, 1.807) is 5.57 Å². The standard InChI is InChI=1S/C14H20S2/c1-4-11(13-6-2-8-15-13)10-12(5-1)14-7-3-9-16-14/h1,4-5,11,13-14H,2-3,6-10H2. The summed E-state index contributed by atoms with van der Waals surface area (Å²) in [5, 5.41) is 1.78. The van der Waals surface area contributed by atoms with Crippen LogP contribution < -0.4 is 0 Å². The Morgan fingerprint density at radius 3 is 2.69 bits per heavy atom. The van der Waals surface area contributed by atoms with E-state index in [4.69, 9.17) is 0 Å². The maximum absolute atomic E-state index is 2.46. The quantitative estimate of drug-likeness (QED) is 0.719. The first-order valence-electron chi connectivity index (χ1n) is 6.54. The lowest BCUT2D eigenvalue weighted by molar-refractivity contribution is 0.570. The summed E-state index contributed by atoms with van der Waals surface area (Å²) in [5.74, 6) is 3.62. The van der Waals surface area contributed by atoms with Crippen LogP contribution in [0.5, 0.6) is 0 Å². The summed E-state index contributed by atoms with van der Waals surface area (Å²) in [4.78, 5) is 0. The van der Waals surface area contributed by atoms with Crippen LogP contribution in [-0.2, 0) is 0 Å². The highest BCUT2D eigenvalue weighted by molar-refractivity contribution is 8.00. The zero-order valence-corrected chi connectivity index (χ0v) is 11.4. The van der Waals surface area contributed by atoms with Crippen LogP contribution in [-0.4, -0.2) is 22.0 Å². The molecule has 0 amide bonds. The number of hydrogen-bond donors (Lipinski definition) is 0. The minimum Gasteiger partial charge on any atom is -0.158 e. The predicted octanol–water partition coefficient (Wildman–Crippen LogP) is 4.28. The molecule has 0 saturated carbocycles. The molecule has 3 rings (SSSR count). The molecule has 3 atom stereocenters. The van der Waals surface area contributed by atoms with Crippen molar-refractivity contribution >= 4 is 23.5 Å². The summed E-state index contributed by atoms with van der Waals surface area (Å²) in [6, 6.07) is 0. The second kappa shape index (κ2) is 5.22. The molecule has 1 aliphatic carbocycles. The van der Waals surface area contributed by atoms with Crippen molar-refractivity contribution in [3.05, 3.63) is 23.8 Å². The fourth-order valence-electron chi connectivity index (χ4n) is 3.03. The number of thioether (sulfide) groups is 2. The molecule has 0 bridgehead atoms. The molecule has 0 nitrogen and oxygen atoms in total. The van der Waals surface area contributed by atoms with Crippen molar-refractivity contribution < 1.29 is 0 Å². The van der Waals surface area contributed by atoms with Gasteiger partial charge in [-0.3, -0.25) is 0 Å². The van der Waals surface area contributed by atoms with E-state index in [0.717, 1.165) is 16.4 Å². The largest absolute Gasteiger partial charge is 0.158 e. The third kappa shape index (κ3) is 2.38. The highest BCUT2D eigenvalue weighted by Gasteiger charge is 2.29. The lowest BCUT2D eigenvalue weighted by Gasteiger charge is -2.26. The summed E-state index contributed by atoms with van der Waals surface area (Å²) in [7, 11) is 0. The molecular weight excluding hydrogens is 232 g/mol. The summed E-state index contributed by atoms with van der Waals surface area (Å²) in [6.07, 6.45) is 14.3. The van der Waals surface area contributed by atoms with E-state index in [2.05, 4.69) is 41.8 Å². The van der Waals surface area contributed by atoms with E-state index < -0.39 is 0 Å². The smallest absolute Gasteiger partial charge is 0.0260 e. The number of rotatable bonds is 2. The van der Waals surface area contributed by atoms with Gasteiger partial charge in [0.25, 0.3) is 0 Å². The van der Waals surface area contributed by atoms with E-state index in [-0.39, 0.29) is 0 Å². The summed E-state index contributed by atoms with van der Waals surface area (Å²) in [6.45, 7) is 0. The van der Waals surface area contributed by atoms with Crippen LogP contribution >= 0.6 is 23.5 Å². The molecule has 3 unspecified atom stereocenters. The Bertz CT molecular complexity index is 294. The van der Waals surface area contributed by atoms with Gasteiger partial charge in [0.15, 0.2) is 0 Å². The molecule has 2 saturated heterocycles. The van der Waals surface area contributed by atoms with Crippen LogP contribution in [0, 0.1) is 5.92 Å². The second-order valence-corrected chi connectivity index (χ2v) is 7.71. The van der Waals surface area contributed by atoms with Crippen LogP contribution in [0.4, 0.5) is 0 Å². The van der Waals surface area contributed by atoms with Crippen molar-refractivity contribution in [1.82, 2.24) is 0 Å². The lowest BCUT2D eigenvalue weighted by Crippen LogP contribution is -2.18. The Balaban J connectivity index is 1.64. The van der Waals surface area contributed by atoms with Crippen LogP contribution in [0.2, 0.25) is 0 Å². The van der Waals surface area contributed by atoms with Crippen LogP contribution in [0.15, 0.2) is 23.8 Å². The molecule has 0 radical (unpaired) electrons. The Hall–Kier alpha value is 0.180. The van der Waals surface area contributed by atoms with Gasteiger partial charge in [0.1, 0.15) is 0 Å². The SMILES string of the molecule is C1=CC(C2CCCS2)CC(C2CCCS2)=C1. The van der Waals surface area contributed by atoms with Gasteiger partial charge in [0.2, 0.25) is 0 Å². The molecule has 2 fully saturated rings.